The summed E-state index contributed by atoms with van der Waals surface area (Å²) in [6, 6.07) is 5.96. The van der Waals surface area contributed by atoms with Gasteiger partial charge in [-0.3, -0.25) is 4.79 Å². The van der Waals surface area contributed by atoms with Crippen LogP contribution >= 0.6 is 0 Å². The largest absolute Gasteiger partial charge is 0.341 e. The number of aryl methyl sites for hydroxylation is 2. The highest BCUT2D eigenvalue weighted by atomic mass is 16.2. The Morgan fingerprint density at radius 3 is 2.58 bits per heavy atom. The van der Waals surface area contributed by atoms with Crippen molar-refractivity contribution in [2.24, 2.45) is 5.92 Å². The molecule has 3 heteroatoms. The first-order valence-corrected chi connectivity index (χ1v) is 7.11. The third-order valence-corrected chi connectivity index (χ3v) is 4.09. The van der Waals surface area contributed by atoms with Crippen molar-refractivity contribution in [2.75, 3.05) is 26.7 Å². The molecule has 104 valence electrons. The summed E-state index contributed by atoms with van der Waals surface area (Å²) in [4.78, 5) is 14.3. The van der Waals surface area contributed by atoms with Crippen molar-refractivity contribution in [1.82, 2.24) is 10.2 Å². The molecule has 1 amide bonds. The van der Waals surface area contributed by atoms with Crippen LogP contribution < -0.4 is 5.32 Å². The minimum Gasteiger partial charge on any atom is -0.341 e. The number of nitrogens with zero attached hydrogens (tertiary/aromatic N) is 1. The highest BCUT2D eigenvalue weighted by molar-refractivity contribution is 5.94. The zero-order valence-electron chi connectivity index (χ0n) is 12.2. The van der Waals surface area contributed by atoms with Crippen LogP contribution in [0, 0.1) is 19.8 Å². The van der Waals surface area contributed by atoms with E-state index >= 15 is 0 Å². The summed E-state index contributed by atoms with van der Waals surface area (Å²) in [5, 5.41) is 3.36. The minimum atomic E-state index is 0.140. The first kappa shape index (κ1) is 14.1. The lowest BCUT2D eigenvalue weighted by Crippen LogP contribution is -2.37. The van der Waals surface area contributed by atoms with Crippen LogP contribution in [0.15, 0.2) is 18.2 Å². The number of benzene rings is 1. The predicted octanol–water partition coefficient (Wildman–Crippen LogP) is 2.38. The van der Waals surface area contributed by atoms with Crippen LogP contribution in [0.2, 0.25) is 0 Å². The minimum absolute atomic E-state index is 0.140. The van der Waals surface area contributed by atoms with Crippen molar-refractivity contribution in [3.05, 3.63) is 34.9 Å². The molecular weight excluding hydrogens is 236 g/mol. The third-order valence-electron chi connectivity index (χ3n) is 4.09. The van der Waals surface area contributed by atoms with Gasteiger partial charge in [0.2, 0.25) is 0 Å². The van der Waals surface area contributed by atoms with Gasteiger partial charge in [-0.15, -0.1) is 0 Å². The van der Waals surface area contributed by atoms with Gasteiger partial charge < -0.3 is 10.2 Å². The monoisotopic (exact) mass is 260 g/mol. The van der Waals surface area contributed by atoms with Crippen molar-refractivity contribution < 1.29 is 4.79 Å². The van der Waals surface area contributed by atoms with Crippen LogP contribution in [0.5, 0.6) is 0 Å². The molecule has 0 aliphatic carbocycles. The molecular formula is C16H24N2O. The van der Waals surface area contributed by atoms with Crippen LogP contribution in [-0.2, 0) is 0 Å². The number of piperidine rings is 1. The molecule has 0 unspecified atom stereocenters. The normalized spacial score (nSPS) is 16.4. The lowest BCUT2D eigenvalue weighted by molar-refractivity contribution is 0.0762. The molecule has 0 bridgehead atoms. The lowest BCUT2D eigenvalue weighted by atomic mass is 9.97. The molecule has 1 aromatic rings. The van der Waals surface area contributed by atoms with Crippen LogP contribution in [0.25, 0.3) is 0 Å². The number of hydrogen-bond acceptors (Lipinski definition) is 2. The van der Waals surface area contributed by atoms with Gasteiger partial charge >= 0.3 is 0 Å². The second kappa shape index (κ2) is 6.20. The van der Waals surface area contributed by atoms with Gasteiger partial charge in [-0.2, -0.15) is 0 Å². The summed E-state index contributed by atoms with van der Waals surface area (Å²) in [5.74, 6) is 0.781. The maximum Gasteiger partial charge on any atom is 0.253 e. The molecule has 0 spiro atoms. The van der Waals surface area contributed by atoms with Gasteiger partial charge in [0.15, 0.2) is 0 Å². The fraction of sp³-hybridized carbons (Fsp3) is 0.562. The van der Waals surface area contributed by atoms with Crippen molar-refractivity contribution in [1.29, 1.82) is 0 Å². The zero-order chi connectivity index (χ0) is 13.8. The summed E-state index contributed by atoms with van der Waals surface area (Å²) < 4.78 is 0. The van der Waals surface area contributed by atoms with Crippen molar-refractivity contribution >= 4 is 5.91 Å². The van der Waals surface area contributed by atoms with Gasteiger partial charge in [0.05, 0.1) is 0 Å². The van der Waals surface area contributed by atoms with E-state index in [1.54, 1.807) is 0 Å². The molecule has 2 rings (SSSR count). The Morgan fingerprint density at radius 1 is 1.26 bits per heavy atom. The van der Waals surface area contributed by atoms with Gasteiger partial charge in [-0.25, -0.2) is 0 Å². The van der Waals surface area contributed by atoms with E-state index in [2.05, 4.69) is 19.2 Å². The van der Waals surface area contributed by atoms with E-state index in [9.17, 15) is 4.79 Å². The summed E-state index contributed by atoms with van der Waals surface area (Å²) in [6.07, 6.45) is 2.34. The molecule has 0 aromatic heterocycles. The Bertz CT molecular complexity index is 450. The van der Waals surface area contributed by atoms with E-state index in [0.717, 1.165) is 25.2 Å². The van der Waals surface area contributed by atoms with Crippen molar-refractivity contribution in [3.8, 4) is 0 Å². The van der Waals surface area contributed by atoms with E-state index in [-0.39, 0.29) is 5.91 Å². The van der Waals surface area contributed by atoms with E-state index in [4.69, 9.17) is 0 Å². The quantitative estimate of drug-likeness (QED) is 0.905. The van der Waals surface area contributed by atoms with E-state index in [1.807, 2.05) is 30.1 Å². The van der Waals surface area contributed by atoms with Crippen molar-refractivity contribution in [2.45, 2.75) is 26.7 Å². The van der Waals surface area contributed by atoms with Crippen LogP contribution in [0.4, 0.5) is 0 Å². The number of hydrogen-bond donors (Lipinski definition) is 1. The molecule has 0 atom stereocenters. The van der Waals surface area contributed by atoms with E-state index in [0.29, 0.717) is 5.92 Å². The molecule has 0 radical (unpaired) electrons. The summed E-state index contributed by atoms with van der Waals surface area (Å²) >= 11 is 0. The number of carbonyl (C=O) groups is 1. The standard InChI is InChI=1S/C16H24N2O/c1-12-4-5-15(10-13(12)2)16(19)18(3)11-14-6-8-17-9-7-14/h4-5,10,14,17H,6-9,11H2,1-3H3. The van der Waals surface area contributed by atoms with Crippen molar-refractivity contribution in [3.63, 3.8) is 0 Å². The summed E-state index contributed by atoms with van der Waals surface area (Å²) in [7, 11) is 1.92. The van der Waals surface area contributed by atoms with Gasteiger partial charge in [0.1, 0.15) is 0 Å². The van der Waals surface area contributed by atoms with Crippen LogP contribution in [0.3, 0.4) is 0 Å². The Hall–Kier alpha value is -1.35. The average molecular weight is 260 g/mol. The van der Waals surface area contributed by atoms with Crippen LogP contribution in [-0.4, -0.2) is 37.5 Å². The molecule has 1 N–H and O–H groups in total. The predicted molar refractivity (Wildman–Crippen MR) is 78.5 cm³/mol. The van der Waals surface area contributed by atoms with Gasteiger partial charge in [-0.05, 0) is 69.0 Å². The first-order chi connectivity index (χ1) is 9.08. The second-order valence-electron chi connectivity index (χ2n) is 5.68. The molecule has 1 saturated heterocycles. The zero-order valence-corrected chi connectivity index (χ0v) is 12.2. The van der Waals surface area contributed by atoms with Gasteiger partial charge in [0.25, 0.3) is 5.91 Å². The maximum absolute atomic E-state index is 12.4. The van der Waals surface area contributed by atoms with Gasteiger partial charge in [-0.1, -0.05) is 6.07 Å². The maximum atomic E-state index is 12.4. The summed E-state index contributed by atoms with van der Waals surface area (Å²) in [6.45, 7) is 7.15. The number of amides is 1. The number of nitrogens with one attached hydrogen (secondary N) is 1. The molecule has 19 heavy (non-hydrogen) atoms. The SMILES string of the molecule is Cc1ccc(C(=O)N(C)CC2CCNCC2)cc1C. The second-order valence-corrected chi connectivity index (χ2v) is 5.68. The highest BCUT2D eigenvalue weighted by Crippen LogP contribution is 2.16. The number of rotatable bonds is 3. The Labute approximate surface area is 116 Å². The van der Waals surface area contributed by atoms with Crippen LogP contribution in [0.1, 0.15) is 34.3 Å². The topological polar surface area (TPSA) is 32.3 Å². The van der Waals surface area contributed by atoms with E-state index < -0.39 is 0 Å². The highest BCUT2D eigenvalue weighted by Gasteiger charge is 2.19. The lowest BCUT2D eigenvalue weighted by Gasteiger charge is -2.27. The third kappa shape index (κ3) is 3.57. The fourth-order valence-electron chi connectivity index (χ4n) is 2.63. The van der Waals surface area contributed by atoms with E-state index in [1.165, 1.54) is 24.0 Å². The van der Waals surface area contributed by atoms with Gasteiger partial charge in [0, 0.05) is 19.2 Å². The first-order valence-electron chi connectivity index (χ1n) is 7.11. The summed E-state index contributed by atoms with van der Waals surface area (Å²) in [5.41, 5.74) is 3.22. The fourth-order valence-corrected chi connectivity index (χ4v) is 2.63. The molecule has 1 aromatic carbocycles. The Balaban J connectivity index is 1.99. The molecule has 1 aliphatic heterocycles. The molecule has 3 nitrogen and oxygen atoms in total. The molecule has 1 heterocycles. The molecule has 1 fully saturated rings. The molecule has 0 saturated carbocycles. The Morgan fingerprint density at radius 2 is 1.95 bits per heavy atom. The smallest absolute Gasteiger partial charge is 0.253 e. The molecule has 1 aliphatic rings. The average Bonchev–Trinajstić information content (AvgIpc) is 2.42. The Kier molecular flexibility index (Phi) is 4.59. The number of carbonyl (C=O) groups excluding carboxylic acids is 1.